The molecule has 1 aliphatic heterocycles. The number of hydrogen-bond donors (Lipinski definition) is 2. The van der Waals surface area contributed by atoms with Crippen molar-refractivity contribution in [2.45, 2.75) is 51.3 Å². The van der Waals surface area contributed by atoms with Crippen molar-refractivity contribution in [1.82, 2.24) is 29.7 Å². The normalized spacial score (nSPS) is 15.7. The minimum atomic E-state index is -3.10. The first-order valence-electron chi connectivity index (χ1n) is 12.0. The molecule has 0 unspecified atom stereocenters. The van der Waals surface area contributed by atoms with Gasteiger partial charge in [0.1, 0.15) is 5.54 Å². The molecule has 38 heavy (non-hydrogen) atoms. The quantitative estimate of drug-likeness (QED) is 0.412. The van der Waals surface area contributed by atoms with Gasteiger partial charge in [-0.25, -0.2) is 4.79 Å². The van der Waals surface area contributed by atoms with Crippen LogP contribution in [-0.2, 0) is 23.9 Å². The summed E-state index contributed by atoms with van der Waals surface area (Å²) in [6, 6.07) is 5.95. The van der Waals surface area contributed by atoms with E-state index in [2.05, 4.69) is 25.5 Å². The zero-order valence-corrected chi connectivity index (χ0v) is 21.8. The molecule has 2 aromatic heterocycles. The van der Waals surface area contributed by atoms with Gasteiger partial charge >= 0.3 is 12.6 Å². The van der Waals surface area contributed by atoms with Crippen molar-refractivity contribution >= 4 is 29.2 Å². The molecule has 0 radical (unpaired) electrons. The van der Waals surface area contributed by atoms with Gasteiger partial charge in [-0.05, 0) is 37.0 Å². The fraction of sp³-hybridized carbons (Fsp3) is 0.458. The van der Waals surface area contributed by atoms with Crippen LogP contribution in [0.3, 0.4) is 0 Å². The second-order valence-corrected chi connectivity index (χ2v) is 9.85. The summed E-state index contributed by atoms with van der Waals surface area (Å²) in [5, 5.41) is 24.4. The highest BCUT2D eigenvalue weighted by Gasteiger charge is 2.45. The molecule has 11 nitrogen and oxygen atoms in total. The number of benzene rings is 1. The van der Waals surface area contributed by atoms with Crippen LogP contribution in [0, 0.1) is 0 Å². The Labute approximate surface area is 222 Å². The van der Waals surface area contributed by atoms with Crippen molar-refractivity contribution in [2.75, 3.05) is 18.4 Å². The fourth-order valence-electron chi connectivity index (χ4n) is 4.69. The Morgan fingerprint density at radius 3 is 2.58 bits per heavy atom. The van der Waals surface area contributed by atoms with Gasteiger partial charge in [-0.3, -0.25) is 19.1 Å². The Kier molecular flexibility index (Phi) is 7.97. The van der Waals surface area contributed by atoms with E-state index in [1.54, 1.807) is 17.9 Å². The van der Waals surface area contributed by atoms with E-state index < -0.39 is 24.0 Å². The summed E-state index contributed by atoms with van der Waals surface area (Å²) in [5.41, 5.74) is 0.100. The third kappa shape index (κ3) is 5.48. The van der Waals surface area contributed by atoms with Crippen LogP contribution in [-0.4, -0.2) is 66.4 Å². The van der Waals surface area contributed by atoms with E-state index >= 15 is 0 Å². The summed E-state index contributed by atoms with van der Waals surface area (Å²) >= 11 is 5.96. The fourth-order valence-corrected chi connectivity index (χ4v) is 4.85. The molecule has 3 heterocycles. The van der Waals surface area contributed by atoms with Crippen LogP contribution in [0.2, 0.25) is 5.02 Å². The van der Waals surface area contributed by atoms with E-state index in [0.29, 0.717) is 31.6 Å². The number of aryl methyl sites for hydroxylation is 1. The molecule has 1 saturated heterocycles. The lowest BCUT2D eigenvalue weighted by atomic mass is 9.85. The zero-order chi connectivity index (χ0) is 27.6. The van der Waals surface area contributed by atoms with Crippen LogP contribution in [0.5, 0.6) is 5.75 Å². The van der Waals surface area contributed by atoms with Gasteiger partial charge in [-0.15, -0.1) is 5.10 Å². The molecule has 1 aliphatic rings. The second-order valence-electron chi connectivity index (χ2n) is 9.42. The van der Waals surface area contributed by atoms with Gasteiger partial charge in [0.2, 0.25) is 0 Å². The highest BCUT2D eigenvalue weighted by Crippen LogP contribution is 2.37. The lowest BCUT2D eigenvalue weighted by Crippen LogP contribution is -2.54. The van der Waals surface area contributed by atoms with Crippen LogP contribution in [0.1, 0.15) is 54.5 Å². The van der Waals surface area contributed by atoms with Gasteiger partial charge in [-0.1, -0.05) is 30.7 Å². The number of alkyl halides is 2. The maximum Gasteiger partial charge on any atom is 0.387 e. The average Bonchev–Trinajstić information content (AvgIpc) is 3.49. The number of likely N-dealkylation sites (tertiary alicyclic amines) is 1. The minimum absolute atomic E-state index is 0.0619. The van der Waals surface area contributed by atoms with Crippen LogP contribution in [0.15, 0.2) is 30.5 Å². The summed E-state index contributed by atoms with van der Waals surface area (Å²) in [7, 11) is 1.63. The third-order valence-corrected chi connectivity index (χ3v) is 6.94. The van der Waals surface area contributed by atoms with Crippen LogP contribution in [0.4, 0.5) is 14.5 Å². The number of carbonyl (C=O) groups excluding carboxylic acids is 1. The van der Waals surface area contributed by atoms with E-state index in [1.165, 1.54) is 22.9 Å². The molecular weight excluding hydrogens is 524 g/mol. The number of carbonyl (C=O) groups is 2. The van der Waals surface area contributed by atoms with Crippen molar-refractivity contribution < 1.29 is 28.2 Å². The first-order chi connectivity index (χ1) is 18.0. The summed E-state index contributed by atoms with van der Waals surface area (Å²) in [6.07, 6.45) is 2.28. The smallest absolute Gasteiger partial charge is 0.387 e. The van der Waals surface area contributed by atoms with E-state index in [-0.39, 0.29) is 34.6 Å². The van der Waals surface area contributed by atoms with Crippen molar-refractivity contribution in [1.29, 1.82) is 0 Å². The topological polar surface area (TPSA) is 127 Å². The van der Waals surface area contributed by atoms with Crippen molar-refractivity contribution in [3.63, 3.8) is 0 Å². The molecule has 0 aliphatic carbocycles. The number of carboxylic acid groups (broad SMARTS) is 1. The number of amides is 1. The summed E-state index contributed by atoms with van der Waals surface area (Å²) < 4.78 is 33.8. The van der Waals surface area contributed by atoms with E-state index in [4.69, 9.17) is 11.6 Å². The molecular formula is C24H28ClF2N7O4. The number of aromatic nitrogens is 5. The number of piperidine rings is 1. The highest BCUT2D eigenvalue weighted by molar-refractivity contribution is 6.30. The first kappa shape index (κ1) is 27.5. The number of aromatic carboxylic acids is 1. The predicted molar refractivity (Wildman–Crippen MR) is 133 cm³/mol. The van der Waals surface area contributed by atoms with Crippen LogP contribution in [0.25, 0.3) is 0 Å². The molecule has 1 amide bonds. The zero-order valence-electron chi connectivity index (χ0n) is 21.1. The maximum atomic E-state index is 13.9. The molecule has 0 bridgehead atoms. The van der Waals surface area contributed by atoms with Crippen LogP contribution < -0.4 is 10.1 Å². The van der Waals surface area contributed by atoms with Gasteiger partial charge < -0.3 is 15.2 Å². The number of rotatable bonds is 9. The number of nitrogens with one attached hydrogen (secondary N) is 1. The van der Waals surface area contributed by atoms with Crippen molar-refractivity contribution in [3.05, 3.63) is 52.6 Å². The summed E-state index contributed by atoms with van der Waals surface area (Å²) in [5.74, 6) is -1.78. The summed E-state index contributed by atoms with van der Waals surface area (Å²) in [6.45, 7) is 2.02. The molecule has 0 atom stereocenters. The average molecular weight is 552 g/mol. The number of anilines is 1. The minimum Gasteiger partial charge on any atom is -0.476 e. The number of nitrogens with zero attached hydrogens (tertiary/aromatic N) is 6. The Morgan fingerprint density at radius 2 is 1.95 bits per heavy atom. The maximum absolute atomic E-state index is 13.9. The van der Waals surface area contributed by atoms with Crippen molar-refractivity contribution in [2.24, 2.45) is 7.05 Å². The van der Waals surface area contributed by atoms with Gasteiger partial charge in [-0.2, -0.15) is 13.9 Å². The van der Waals surface area contributed by atoms with Crippen molar-refractivity contribution in [3.8, 4) is 5.75 Å². The largest absolute Gasteiger partial charge is 0.476 e. The Morgan fingerprint density at radius 1 is 1.24 bits per heavy atom. The molecule has 1 fully saturated rings. The highest BCUT2D eigenvalue weighted by atomic mass is 35.5. The molecule has 0 spiro atoms. The standard InChI is InChI=1S/C24H28ClF2N7O4/c1-14(2)17-6-9-28-34(17)24(22(37)29-16-5-4-15(25)12-19(16)38-23(26)27)7-10-33(11-8-24)13-18-20(21(35)36)30-31-32(18)3/h4-6,9,12,14,23H,7-8,10-11,13H2,1-3H3,(H,29,37)(H,35,36). The lowest BCUT2D eigenvalue weighted by molar-refractivity contribution is -0.128. The Hall–Kier alpha value is -3.58. The van der Waals surface area contributed by atoms with E-state index in [9.17, 15) is 23.5 Å². The molecule has 2 N–H and O–H groups in total. The number of halogens is 3. The van der Waals surface area contributed by atoms with Gasteiger partial charge in [0, 0.05) is 49.7 Å². The second kappa shape index (κ2) is 11.0. The van der Waals surface area contributed by atoms with E-state index in [1.807, 2.05) is 24.8 Å². The van der Waals surface area contributed by atoms with Gasteiger partial charge in [0.15, 0.2) is 11.4 Å². The molecule has 14 heteroatoms. The molecule has 4 rings (SSSR count). The van der Waals surface area contributed by atoms with E-state index in [0.717, 1.165) is 5.69 Å². The monoisotopic (exact) mass is 551 g/mol. The van der Waals surface area contributed by atoms with Gasteiger partial charge in [0.05, 0.1) is 11.4 Å². The number of carboxylic acids is 1. The number of hydrogen-bond acceptors (Lipinski definition) is 7. The lowest BCUT2D eigenvalue weighted by Gasteiger charge is -2.42. The Bertz CT molecular complexity index is 1320. The Balaban J connectivity index is 1.63. The van der Waals surface area contributed by atoms with Gasteiger partial charge in [0.25, 0.3) is 5.91 Å². The predicted octanol–water partition coefficient (Wildman–Crippen LogP) is 3.72. The molecule has 0 saturated carbocycles. The molecule has 3 aromatic rings. The first-order valence-corrected chi connectivity index (χ1v) is 12.3. The molecule has 1 aromatic carbocycles. The third-order valence-electron chi connectivity index (χ3n) is 6.70. The number of ether oxygens (including phenoxy) is 1. The molecule has 204 valence electrons. The van der Waals surface area contributed by atoms with Crippen LogP contribution >= 0.6 is 11.6 Å². The SMILES string of the molecule is CC(C)c1ccnn1C1(C(=O)Nc2ccc(Cl)cc2OC(F)F)CCN(Cc2c(C(=O)O)nnn2C)CC1. The summed E-state index contributed by atoms with van der Waals surface area (Å²) in [4.78, 5) is 27.5.